The maximum atomic E-state index is 13.4. The summed E-state index contributed by atoms with van der Waals surface area (Å²) >= 11 is 0. The second kappa shape index (κ2) is 6.46. The highest BCUT2D eigenvalue weighted by Crippen LogP contribution is 2.33. The minimum absolute atomic E-state index is 0.277. The van der Waals surface area contributed by atoms with Gasteiger partial charge in [0.05, 0.1) is 5.39 Å². The number of halogens is 2. The normalized spacial score (nSPS) is 11.1. The van der Waals surface area contributed by atoms with Gasteiger partial charge in [-0.15, -0.1) is 0 Å². The van der Waals surface area contributed by atoms with E-state index in [1.54, 1.807) is 18.2 Å². The van der Waals surface area contributed by atoms with E-state index < -0.39 is 0 Å². The summed E-state index contributed by atoms with van der Waals surface area (Å²) in [5.41, 5.74) is 5.15. The molecule has 2 aromatic heterocycles. The Morgan fingerprint density at radius 2 is 1.59 bits per heavy atom. The SMILES string of the molecule is Cc1cc(F)ccc1Nc1ncnc2c1c(C)c(C)n2-c1ccc(F)cc1. The fourth-order valence-electron chi connectivity index (χ4n) is 3.29. The molecule has 27 heavy (non-hydrogen) atoms. The molecule has 4 nitrogen and oxygen atoms in total. The predicted octanol–water partition coefficient (Wildman–Crippen LogP) is 5.37. The first-order valence-corrected chi connectivity index (χ1v) is 8.57. The van der Waals surface area contributed by atoms with Crippen molar-refractivity contribution in [1.82, 2.24) is 14.5 Å². The molecule has 0 amide bonds. The Morgan fingerprint density at radius 1 is 0.889 bits per heavy atom. The highest BCUT2D eigenvalue weighted by molar-refractivity contribution is 5.94. The van der Waals surface area contributed by atoms with Crippen molar-refractivity contribution in [1.29, 1.82) is 0 Å². The summed E-state index contributed by atoms with van der Waals surface area (Å²) in [4.78, 5) is 8.86. The van der Waals surface area contributed by atoms with E-state index in [9.17, 15) is 8.78 Å². The van der Waals surface area contributed by atoms with E-state index in [-0.39, 0.29) is 11.6 Å². The Hall–Kier alpha value is -3.28. The van der Waals surface area contributed by atoms with Gasteiger partial charge in [0.15, 0.2) is 5.65 Å². The van der Waals surface area contributed by atoms with Gasteiger partial charge in [0, 0.05) is 17.1 Å². The maximum Gasteiger partial charge on any atom is 0.150 e. The van der Waals surface area contributed by atoms with Gasteiger partial charge in [0.25, 0.3) is 0 Å². The largest absolute Gasteiger partial charge is 0.339 e. The van der Waals surface area contributed by atoms with Crippen LogP contribution in [0.1, 0.15) is 16.8 Å². The third-order valence-corrected chi connectivity index (χ3v) is 4.82. The molecule has 0 saturated carbocycles. The molecule has 0 radical (unpaired) electrons. The van der Waals surface area contributed by atoms with Crippen molar-refractivity contribution in [2.75, 3.05) is 5.32 Å². The summed E-state index contributed by atoms with van der Waals surface area (Å²) in [7, 11) is 0. The third kappa shape index (κ3) is 2.93. The van der Waals surface area contributed by atoms with Gasteiger partial charge in [0.2, 0.25) is 0 Å². The molecule has 4 aromatic rings. The van der Waals surface area contributed by atoms with Crippen molar-refractivity contribution in [3.05, 3.63) is 77.2 Å². The van der Waals surface area contributed by atoms with E-state index in [1.165, 1.54) is 30.6 Å². The number of hydrogen-bond acceptors (Lipinski definition) is 3. The van der Waals surface area contributed by atoms with Crippen LogP contribution in [0, 0.1) is 32.4 Å². The summed E-state index contributed by atoms with van der Waals surface area (Å²) in [6.45, 7) is 5.84. The van der Waals surface area contributed by atoms with Gasteiger partial charge in [-0.25, -0.2) is 18.7 Å². The Bertz CT molecular complexity index is 1150. The molecule has 0 unspecified atom stereocenters. The van der Waals surface area contributed by atoms with Crippen molar-refractivity contribution >= 4 is 22.5 Å². The van der Waals surface area contributed by atoms with Crippen molar-refractivity contribution in [3.8, 4) is 5.69 Å². The van der Waals surface area contributed by atoms with Crippen molar-refractivity contribution < 1.29 is 8.78 Å². The van der Waals surface area contributed by atoms with Crippen LogP contribution in [-0.2, 0) is 0 Å². The molecule has 0 aliphatic heterocycles. The van der Waals surface area contributed by atoms with Crippen LogP contribution in [0.25, 0.3) is 16.7 Å². The van der Waals surface area contributed by atoms with Crippen LogP contribution in [-0.4, -0.2) is 14.5 Å². The van der Waals surface area contributed by atoms with E-state index in [1.807, 2.05) is 25.3 Å². The summed E-state index contributed by atoms with van der Waals surface area (Å²) in [5.74, 6) is 0.0879. The fraction of sp³-hybridized carbons (Fsp3) is 0.143. The molecule has 0 saturated heterocycles. The van der Waals surface area contributed by atoms with E-state index >= 15 is 0 Å². The van der Waals surface area contributed by atoms with Crippen LogP contribution >= 0.6 is 0 Å². The van der Waals surface area contributed by atoms with Gasteiger partial charge in [-0.05, 0) is 74.4 Å². The molecule has 0 aliphatic rings. The lowest BCUT2D eigenvalue weighted by atomic mass is 10.1. The second-order valence-electron chi connectivity index (χ2n) is 6.53. The molecule has 0 bridgehead atoms. The van der Waals surface area contributed by atoms with E-state index in [4.69, 9.17) is 0 Å². The molecular weight excluding hydrogens is 346 g/mol. The molecule has 1 N–H and O–H groups in total. The molecular formula is C21H18F2N4. The third-order valence-electron chi connectivity index (χ3n) is 4.82. The fourth-order valence-corrected chi connectivity index (χ4v) is 3.29. The van der Waals surface area contributed by atoms with Crippen LogP contribution in [0.3, 0.4) is 0 Å². The minimum Gasteiger partial charge on any atom is -0.339 e. The van der Waals surface area contributed by atoms with Crippen LogP contribution in [0.5, 0.6) is 0 Å². The van der Waals surface area contributed by atoms with E-state index in [0.29, 0.717) is 5.82 Å². The molecule has 4 rings (SSSR count). The van der Waals surface area contributed by atoms with Gasteiger partial charge in [0.1, 0.15) is 23.8 Å². The Kier molecular flexibility index (Phi) is 4.11. The monoisotopic (exact) mass is 364 g/mol. The molecule has 0 fully saturated rings. The van der Waals surface area contributed by atoms with Crippen LogP contribution in [0.2, 0.25) is 0 Å². The zero-order valence-corrected chi connectivity index (χ0v) is 15.2. The average Bonchev–Trinajstić information content (AvgIpc) is 2.90. The number of anilines is 2. The smallest absolute Gasteiger partial charge is 0.150 e. The van der Waals surface area contributed by atoms with E-state index in [0.717, 1.165) is 39.2 Å². The van der Waals surface area contributed by atoms with Crippen LogP contribution in [0.15, 0.2) is 48.8 Å². The summed E-state index contributed by atoms with van der Waals surface area (Å²) in [6.07, 6.45) is 1.49. The Labute approximate surface area is 155 Å². The van der Waals surface area contributed by atoms with Crippen LogP contribution in [0.4, 0.5) is 20.3 Å². The number of aromatic nitrogens is 3. The summed E-state index contributed by atoms with van der Waals surface area (Å²) in [6, 6.07) is 10.9. The number of rotatable bonds is 3. The maximum absolute atomic E-state index is 13.4. The standard InChI is InChI=1S/C21H18F2N4/c1-12-10-16(23)6-9-18(12)26-20-19-13(2)14(3)27(21(19)25-11-24-20)17-7-4-15(22)5-8-17/h4-11H,1-3H3,(H,24,25,26). The highest BCUT2D eigenvalue weighted by atomic mass is 19.1. The van der Waals surface area contributed by atoms with Gasteiger partial charge in [-0.1, -0.05) is 0 Å². The van der Waals surface area contributed by atoms with Gasteiger partial charge < -0.3 is 5.32 Å². The average molecular weight is 364 g/mol. The lowest BCUT2D eigenvalue weighted by molar-refractivity contribution is 0.626. The first-order chi connectivity index (χ1) is 13.0. The highest BCUT2D eigenvalue weighted by Gasteiger charge is 2.18. The topological polar surface area (TPSA) is 42.7 Å². The van der Waals surface area contributed by atoms with Crippen molar-refractivity contribution in [2.45, 2.75) is 20.8 Å². The lowest BCUT2D eigenvalue weighted by Gasteiger charge is -2.11. The van der Waals surface area contributed by atoms with Gasteiger partial charge in [-0.3, -0.25) is 4.57 Å². The molecule has 2 heterocycles. The molecule has 136 valence electrons. The predicted molar refractivity (Wildman–Crippen MR) is 103 cm³/mol. The Balaban J connectivity index is 1.89. The first-order valence-electron chi connectivity index (χ1n) is 8.57. The van der Waals surface area contributed by atoms with Gasteiger partial charge in [-0.2, -0.15) is 0 Å². The number of fused-ring (bicyclic) bond motifs is 1. The number of benzene rings is 2. The molecule has 0 atom stereocenters. The van der Waals surface area contributed by atoms with E-state index in [2.05, 4.69) is 15.3 Å². The molecule has 0 spiro atoms. The van der Waals surface area contributed by atoms with Gasteiger partial charge >= 0.3 is 0 Å². The number of aryl methyl sites for hydroxylation is 2. The molecule has 0 aliphatic carbocycles. The summed E-state index contributed by atoms with van der Waals surface area (Å²) in [5, 5.41) is 4.17. The molecule has 2 aromatic carbocycles. The zero-order valence-electron chi connectivity index (χ0n) is 15.2. The first kappa shape index (κ1) is 17.1. The van der Waals surface area contributed by atoms with Crippen molar-refractivity contribution in [3.63, 3.8) is 0 Å². The zero-order chi connectivity index (χ0) is 19.1. The lowest BCUT2D eigenvalue weighted by Crippen LogP contribution is -2.00. The Morgan fingerprint density at radius 3 is 2.30 bits per heavy atom. The summed E-state index contributed by atoms with van der Waals surface area (Å²) < 4.78 is 28.7. The van der Waals surface area contributed by atoms with Crippen molar-refractivity contribution in [2.24, 2.45) is 0 Å². The van der Waals surface area contributed by atoms with Crippen LogP contribution < -0.4 is 5.32 Å². The number of hydrogen-bond donors (Lipinski definition) is 1. The quantitative estimate of drug-likeness (QED) is 0.532. The minimum atomic E-state index is -0.284. The number of nitrogens with zero attached hydrogens (tertiary/aromatic N) is 3. The number of nitrogens with one attached hydrogen (secondary N) is 1. The molecule has 6 heteroatoms. The second-order valence-corrected chi connectivity index (χ2v) is 6.53.